The molecule has 0 aromatic carbocycles. The van der Waals surface area contributed by atoms with Crippen LogP contribution in [-0.4, -0.2) is 47.6 Å². The first-order chi connectivity index (χ1) is 11.0. The number of hydrogen-bond acceptors (Lipinski definition) is 6. The molecule has 1 atom stereocenters. The Hall–Kier alpha value is -1.90. The van der Waals surface area contributed by atoms with E-state index in [0.29, 0.717) is 6.42 Å². The standard InChI is InChI=1S/C15H24N4O4S/c1-10-13(8-16-17-14(20)23-15(3,4)5)11(2)19(18-10)12-6-7-24(21,22)9-12/h8,12H,6-7,9H2,1-5H3,(H,17,20)/b16-8-/t12-/m1/s1. The highest BCUT2D eigenvalue weighted by Crippen LogP contribution is 2.26. The molecule has 1 fully saturated rings. The molecule has 1 N–H and O–H groups in total. The summed E-state index contributed by atoms with van der Waals surface area (Å²) in [5, 5.41) is 8.33. The monoisotopic (exact) mass is 356 g/mol. The van der Waals surface area contributed by atoms with Gasteiger partial charge in [0.05, 0.1) is 29.5 Å². The lowest BCUT2D eigenvalue weighted by Gasteiger charge is -2.18. The van der Waals surface area contributed by atoms with Gasteiger partial charge in [0.25, 0.3) is 0 Å². The molecule has 1 amide bonds. The Morgan fingerprint density at radius 3 is 2.62 bits per heavy atom. The molecule has 8 nitrogen and oxygen atoms in total. The lowest BCUT2D eigenvalue weighted by molar-refractivity contribution is 0.0529. The molecule has 1 aromatic heterocycles. The topological polar surface area (TPSA) is 103 Å². The Bertz CT molecular complexity index is 759. The molecule has 134 valence electrons. The van der Waals surface area contributed by atoms with Crippen LogP contribution in [0.5, 0.6) is 0 Å². The molecule has 24 heavy (non-hydrogen) atoms. The Kier molecular flexibility index (Phi) is 5.03. The molecule has 2 rings (SSSR count). The van der Waals surface area contributed by atoms with Crippen molar-refractivity contribution < 1.29 is 17.9 Å². The minimum absolute atomic E-state index is 0.113. The second-order valence-corrected chi connectivity index (χ2v) is 9.19. The maximum absolute atomic E-state index is 11.6. The lowest BCUT2D eigenvalue weighted by Crippen LogP contribution is -2.29. The predicted octanol–water partition coefficient (Wildman–Crippen LogP) is 1.72. The number of nitrogens with zero attached hydrogens (tertiary/aromatic N) is 3. The maximum Gasteiger partial charge on any atom is 0.428 e. The van der Waals surface area contributed by atoms with Crippen LogP contribution in [0, 0.1) is 13.8 Å². The highest BCUT2D eigenvalue weighted by molar-refractivity contribution is 7.91. The normalized spacial score (nSPS) is 20.5. The number of carbonyl (C=O) groups excluding carboxylic acids is 1. The Morgan fingerprint density at radius 2 is 2.08 bits per heavy atom. The first-order valence-corrected chi connectivity index (χ1v) is 9.59. The summed E-state index contributed by atoms with van der Waals surface area (Å²) in [6, 6.07) is -0.144. The number of carbonyl (C=O) groups is 1. The number of nitrogens with one attached hydrogen (secondary N) is 1. The quantitative estimate of drug-likeness (QED) is 0.656. The van der Waals surface area contributed by atoms with Gasteiger partial charge in [-0.05, 0) is 41.0 Å². The fraction of sp³-hybridized carbons (Fsp3) is 0.667. The van der Waals surface area contributed by atoms with Crippen LogP contribution in [0.3, 0.4) is 0 Å². The Balaban J connectivity index is 2.09. The van der Waals surface area contributed by atoms with Gasteiger partial charge in [0.15, 0.2) is 9.84 Å². The summed E-state index contributed by atoms with van der Waals surface area (Å²) in [6.07, 6.45) is 1.43. The van der Waals surface area contributed by atoms with Gasteiger partial charge in [-0.2, -0.15) is 10.2 Å². The van der Waals surface area contributed by atoms with Crippen molar-refractivity contribution in [3.05, 3.63) is 17.0 Å². The fourth-order valence-electron chi connectivity index (χ4n) is 2.64. The van der Waals surface area contributed by atoms with Gasteiger partial charge >= 0.3 is 6.09 Å². The van der Waals surface area contributed by atoms with Gasteiger partial charge in [-0.3, -0.25) is 4.68 Å². The molecular formula is C15H24N4O4S. The van der Waals surface area contributed by atoms with Crippen LogP contribution in [0.4, 0.5) is 4.79 Å². The number of rotatable bonds is 3. The molecule has 2 heterocycles. The van der Waals surface area contributed by atoms with Crippen molar-refractivity contribution in [2.24, 2.45) is 5.10 Å². The maximum atomic E-state index is 11.6. The number of hydrogen-bond donors (Lipinski definition) is 1. The number of aryl methyl sites for hydroxylation is 1. The molecule has 0 saturated carbocycles. The average molecular weight is 356 g/mol. The Morgan fingerprint density at radius 1 is 1.42 bits per heavy atom. The van der Waals surface area contributed by atoms with Crippen molar-refractivity contribution in [3.63, 3.8) is 0 Å². The summed E-state index contributed by atoms with van der Waals surface area (Å²) in [5.74, 6) is 0.307. The number of amides is 1. The largest absolute Gasteiger partial charge is 0.443 e. The highest BCUT2D eigenvalue weighted by atomic mass is 32.2. The molecule has 0 bridgehead atoms. The third kappa shape index (κ3) is 4.56. The number of sulfone groups is 1. The summed E-state index contributed by atoms with van der Waals surface area (Å²) in [7, 11) is -2.98. The van der Waals surface area contributed by atoms with Crippen molar-refractivity contribution in [1.82, 2.24) is 15.2 Å². The van der Waals surface area contributed by atoms with E-state index < -0.39 is 21.5 Å². The molecule has 0 unspecified atom stereocenters. The molecule has 1 saturated heterocycles. The number of hydrazone groups is 1. The molecular weight excluding hydrogens is 332 g/mol. The van der Waals surface area contributed by atoms with E-state index in [1.165, 1.54) is 6.21 Å². The van der Waals surface area contributed by atoms with Crippen molar-refractivity contribution in [1.29, 1.82) is 0 Å². The van der Waals surface area contributed by atoms with E-state index in [1.807, 2.05) is 13.8 Å². The highest BCUT2D eigenvalue weighted by Gasteiger charge is 2.31. The minimum Gasteiger partial charge on any atom is -0.443 e. The fourth-order valence-corrected chi connectivity index (χ4v) is 4.33. The van der Waals surface area contributed by atoms with Crippen LogP contribution in [0.15, 0.2) is 5.10 Å². The minimum atomic E-state index is -2.98. The first kappa shape index (κ1) is 18.4. The second kappa shape index (κ2) is 6.54. The molecule has 0 radical (unpaired) electrons. The zero-order valence-electron chi connectivity index (χ0n) is 14.7. The van der Waals surface area contributed by atoms with Crippen molar-refractivity contribution in [3.8, 4) is 0 Å². The second-order valence-electron chi connectivity index (χ2n) is 6.96. The van der Waals surface area contributed by atoms with E-state index in [9.17, 15) is 13.2 Å². The van der Waals surface area contributed by atoms with E-state index in [0.717, 1.165) is 17.0 Å². The van der Waals surface area contributed by atoms with Crippen LogP contribution in [-0.2, 0) is 14.6 Å². The van der Waals surface area contributed by atoms with Crippen LogP contribution >= 0.6 is 0 Å². The van der Waals surface area contributed by atoms with Crippen LogP contribution in [0.2, 0.25) is 0 Å². The molecule has 1 aromatic rings. The SMILES string of the molecule is Cc1nn([C@@H]2CCS(=O)(=O)C2)c(C)c1/C=N\NC(=O)OC(C)(C)C. The first-order valence-electron chi connectivity index (χ1n) is 7.77. The van der Waals surface area contributed by atoms with E-state index in [4.69, 9.17) is 4.74 Å². The third-order valence-electron chi connectivity index (χ3n) is 3.68. The van der Waals surface area contributed by atoms with Gasteiger partial charge in [0.2, 0.25) is 0 Å². The summed E-state index contributed by atoms with van der Waals surface area (Å²) >= 11 is 0. The van der Waals surface area contributed by atoms with Gasteiger partial charge in [-0.25, -0.2) is 18.6 Å². The smallest absolute Gasteiger partial charge is 0.428 e. The van der Waals surface area contributed by atoms with Crippen molar-refractivity contribution in [2.75, 3.05) is 11.5 Å². The van der Waals surface area contributed by atoms with Crippen LogP contribution < -0.4 is 5.43 Å². The zero-order chi connectivity index (χ0) is 18.1. The van der Waals surface area contributed by atoms with Crippen molar-refractivity contribution in [2.45, 2.75) is 52.7 Å². The van der Waals surface area contributed by atoms with E-state index >= 15 is 0 Å². The molecule has 1 aliphatic heterocycles. The zero-order valence-corrected chi connectivity index (χ0v) is 15.5. The summed E-state index contributed by atoms with van der Waals surface area (Å²) in [6.45, 7) is 8.99. The average Bonchev–Trinajstić information content (AvgIpc) is 2.90. The molecule has 9 heteroatoms. The molecule has 0 aliphatic carbocycles. The predicted molar refractivity (Wildman–Crippen MR) is 91.0 cm³/mol. The summed E-state index contributed by atoms with van der Waals surface area (Å²) in [5.41, 5.74) is 4.03. The van der Waals surface area contributed by atoms with Gasteiger partial charge in [0.1, 0.15) is 5.60 Å². The number of aromatic nitrogens is 2. The van der Waals surface area contributed by atoms with E-state index in [1.54, 1.807) is 25.5 Å². The van der Waals surface area contributed by atoms with Gasteiger partial charge in [-0.15, -0.1) is 0 Å². The van der Waals surface area contributed by atoms with E-state index in [-0.39, 0.29) is 17.5 Å². The Labute approximate surface area is 142 Å². The third-order valence-corrected chi connectivity index (χ3v) is 5.43. The molecule has 1 aliphatic rings. The molecule has 0 spiro atoms. The van der Waals surface area contributed by atoms with E-state index in [2.05, 4.69) is 15.6 Å². The number of ether oxygens (including phenoxy) is 1. The lowest BCUT2D eigenvalue weighted by atomic mass is 10.2. The summed E-state index contributed by atoms with van der Waals surface area (Å²) in [4.78, 5) is 11.6. The van der Waals surface area contributed by atoms with Crippen molar-refractivity contribution >= 4 is 22.1 Å². The van der Waals surface area contributed by atoms with Crippen LogP contribution in [0.25, 0.3) is 0 Å². The van der Waals surface area contributed by atoms with Gasteiger partial charge in [-0.1, -0.05) is 0 Å². The van der Waals surface area contributed by atoms with Gasteiger partial charge in [0, 0.05) is 11.3 Å². The summed E-state index contributed by atoms with van der Waals surface area (Å²) < 4.78 is 30.1. The van der Waals surface area contributed by atoms with Gasteiger partial charge < -0.3 is 4.74 Å². The van der Waals surface area contributed by atoms with Crippen LogP contribution in [0.1, 0.15) is 50.2 Å².